The molecule has 0 radical (unpaired) electrons. The minimum absolute atomic E-state index is 0.0532. The lowest BCUT2D eigenvalue weighted by atomic mass is 9.91. The molecule has 3 aromatic rings. The largest absolute Gasteiger partial charge is 0.459 e. The van der Waals surface area contributed by atoms with Crippen molar-refractivity contribution < 1.29 is 43.3 Å². The lowest BCUT2D eigenvalue weighted by Gasteiger charge is -2.39. The molecule has 1 amide bonds. The number of aliphatic hydroxyl groups excluding tert-OH is 1. The molecule has 0 spiro atoms. The number of aliphatic hydroxyl groups is 1. The zero-order chi connectivity index (χ0) is 30.4. The molecule has 1 unspecified atom stereocenters. The van der Waals surface area contributed by atoms with Gasteiger partial charge in [-0.05, 0) is 16.7 Å². The SMILES string of the molecule is N[C@@H](CO)C(=O)N[C@](OCc1ccccc1)(C(=O)C(C=O)C=O)C(OCc1ccccc1)C(=O)OCc1ccccc1. The molecule has 3 atom stereocenters. The summed E-state index contributed by atoms with van der Waals surface area (Å²) in [6, 6.07) is 24.1. The van der Waals surface area contributed by atoms with Crippen LogP contribution in [0.4, 0.5) is 0 Å². The first-order chi connectivity index (χ1) is 20.3. The Morgan fingerprint density at radius 2 is 1.26 bits per heavy atom. The summed E-state index contributed by atoms with van der Waals surface area (Å²) in [6.07, 6.45) is -1.93. The molecule has 42 heavy (non-hydrogen) atoms. The molecule has 11 heteroatoms. The Morgan fingerprint density at radius 3 is 1.74 bits per heavy atom. The van der Waals surface area contributed by atoms with Gasteiger partial charge in [-0.25, -0.2) is 4.79 Å². The Labute approximate surface area is 242 Å². The topological polar surface area (TPSA) is 171 Å². The van der Waals surface area contributed by atoms with Crippen LogP contribution in [0.2, 0.25) is 0 Å². The van der Waals surface area contributed by atoms with E-state index in [9.17, 15) is 29.1 Å². The number of amides is 1. The van der Waals surface area contributed by atoms with Crippen LogP contribution in [0, 0.1) is 5.92 Å². The van der Waals surface area contributed by atoms with Crippen molar-refractivity contribution in [1.29, 1.82) is 0 Å². The Bertz CT molecular complexity index is 1310. The van der Waals surface area contributed by atoms with Gasteiger partial charge in [-0.3, -0.25) is 9.59 Å². The van der Waals surface area contributed by atoms with Gasteiger partial charge < -0.3 is 40.0 Å². The van der Waals surface area contributed by atoms with Gasteiger partial charge in [-0.2, -0.15) is 0 Å². The molecule has 0 bridgehead atoms. The van der Waals surface area contributed by atoms with Crippen molar-refractivity contribution in [2.24, 2.45) is 11.7 Å². The third kappa shape index (κ3) is 8.48. The lowest BCUT2D eigenvalue weighted by Crippen LogP contribution is -2.70. The van der Waals surface area contributed by atoms with Crippen LogP contribution in [-0.2, 0) is 58.0 Å². The molecule has 0 aliphatic rings. The summed E-state index contributed by atoms with van der Waals surface area (Å²) in [7, 11) is 0. The molecular formula is C31H32N2O9. The second-order valence-corrected chi connectivity index (χ2v) is 9.22. The van der Waals surface area contributed by atoms with E-state index in [2.05, 4.69) is 5.32 Å². The fraction of sp³-hybridized carbons (Fsp3) is 0.258. The van der Waals surface area contributed by atoms with Gasteiger partial charge in [-0.15, -0.1) is 0 Å². The molecule has 0 aliphatic heterocycles. The fourth-order valence-corrected chi connectivity index (χ4v) is 3.88. The summed E-state index contributed by atoms with van der Waals surface area (Å²) in [6.45, 7) is -1.69. The molecule has 0 fully saturated rings. The van der Waals surface area contributed by atoms with E-state index in [1.165, 1.54) is 0 Å². The number of nitrogens with two attached hydrogens (primary N) is 1. The van der Waals surface area contributed by atoms with Crippen LogP contribution in [0.5, 0.6) is 0 Å². The number of aldehydes is 2. The Morgan fingerprint density at radius 1 is 0.786 bits per heavy atom. The highest BCUT2D eigenvalue weighted by Gasteiger charge is 2.56. The number of benzene rings is 3. The summed E-state index contributed by atoms with van der Waals surface area (Å²) in [5.74, 6) is -5.50. The number of ether oxygens (including phenoxy) is 3. The first kappa shape index (κ1) is 32.0. The number of hydrogen-bond donors (Lipinski definition) is 3. The van der Waals surface area contributed by atoms with Crippen LogP contribution >= 0.6 is 0 Å². The van der Waals surface area contributed by atoms with E-state index >= 15 is 0 Å². The quantitative estimate of drug-likeness (QED) is 0.0919. The van der Waals surface area contributed by atoms with Gasteiger partial charge in [0.05, 0.1) is 19.8 Å². The maximum absolute atomic E-state index is 13.9. The summed E-state index contributed by atoms with van der Waals surface area (Å²) in [5, 5.41) is 11.8. The summed E-state index contributed by atoms with van der Waals surface area (Å²) in [5.41, 5.74) is 4.65. The Kier molecular flexibility index (Phi) is 12.2. The molecule has 220 valence electrons. The van der Waals surface area contributed by atoms with Crippen molar-refractivity contribution in [2.45, 2.75) is 37.7 Å². The summed E-state index contributed by atoms with van der Waals surface area (Å²) in [4.78, 5) is 64.4. The second-order valence-electron chi connectivity index (χ2n) is 9.22. The zero-order valence-corrected chi connectivity index (χ0v) is 22.7. The molecule has 0 saturated heterocycles. The van der Waals surface area contributed by atoms with Crippen LogP contribution in [0.1, 0.15) is 16.7 Å². The molecule has 4 N–H and O–H groups in total. The van der Waals surface area contributed by atoms with Crippen LogP contribution < -0.4 is 11.1 Å². The van der Waals surface area contributed by atoms with Crippen molar-refractivity contribution in [2.75, 3.05) is 6.61 Å². The van der Waals surface area contributed by atoms with E-state index < -0.39 is 48.1 Å². The monoisotopic (exact) mass is 576 g/mol. The molecule has 3 rings (SSSR count). The molecule has 0 heterocycles. The smallest absolute Gasteiger partial charge is 0.341 e. The molecular weight excluding hydrogens is 544 g/mol. The number of esters is 1. The minimum Gasteiger partial charge on any atom is -0.459 e. The van der Waals surface area contributed by atoms with Crippen LogP contribution in [-0.4, -0.2) is 59.8 Å². The van der Waals surface area contributed by atoms with Gasteiger partial charge in [0.25, 0.3) is 0 Å². The molecule has 11 nitrogen and oxygen atoms in total. The third-order valence-corrected chi connectivity index (χ3v) is 6.18. The highest BCUT2D eigenvalue weighted by atomic mass is 16.6. The Hall–Kier alpha value is -4.55. The van der Waals surface area contributed by atoms with Gasteiger partial charge in [0.2, 0.25) is 23.5 Å². The standard InChI is InChI=1S/C31H32N2O9/c32-26(18-36)29(38)33-31(27(37)25(16-34)17-35,42-21-24-14-8-3-9-15-24)28(40-19-22-10-4-1-5-11-22)30(39)41-20-23-12-6-2-7-13-23/h1-17,25-26,28,36H,18-21,32H2,(H,33,38)/t26-,28?,31-/m0/s1. The third-order valence-electron chi connectivity index (χ3n) is 6.18. The van der Waals surface area contributed by atoms with E-state index in [1.54, 1.807) is 91.0 Å². The zero-order valence-electron chi connectivity index (χ0n) is 22.7. The number of hydrogen-bond acceptors (Lipinski definition) is 10. The number of ketones is 1. The normalized spacial score (nSPS) is 13.8. The van der Waals surface area contributed by atoms with Crippen molar-refractivity contribution in [3.05, 3.63) is 108 Å². The van der Waals surface area contributed by atoms with Crippen molar-refractivity contribution >= 4 is 30.2 Å². The highest BCUT2D eigenvalue weighted by molar-refractivity contribution is 6.12. The van der Waals surface area contributed by atoms with E-state index in [1.807, 2.05) is 0 Å². The van der Waals surface area contributed by atoms with Gasteiger partial charge in [0, 0.05) is 0 Å². The van der Waals surface area contributed by atoms with Gasteiger partial charge in [-0.1, -0.05) is 91.0 Å². The first-order valence-electron chi connectivity index (χ1n) is 13.0. The average molecular weight is 577 g/mol. The number of carbonyl (C=O) groups excluding carboxylic acids is 5. The number of nitrogens with one attached hydrogen (secondary N) is 1. The average Bonchev–Trinajstić information content (AvgIpc) is 3.04. The maximum atomic E-state index is 13.9. The minimum atomic E-state index is -2.78. The molecule has 0 aromatic heterocycles. The lowest BCUT2D eigenvalue weighted by molar-refractivity contribution is -0.206. The Balaban J connectivity index is 2.13. The van der Waals surface area contributed by atoms with E-state index in [0.29, 0.717) is 16.7 Å². The number of rotatable bonds is 17. The van der Waals surface area contributed by atoms with E-state index in [-0.39, 0.29) is 32.4 Å². The van der Waals surface area contributed by atoms with Crippen molar-refractivity contribution in [3.63, 3.8) is 0 Å². The van der Waals surface area contributed by atoms with Gasteiger partial charge in [0.1, 0.15) is 31.1 Å². The van der Waals surface area contributed by atoms with Crippen LogP contribution in [0.15, 0.2) is 91.0 Å². The number of Topliss-reactive ketones (excluding diaryl/α,β-unsaturated/α-hetero) is 1. The van der Waals surface area contributed by atoms with E-state index in [4.69, 9.17) is 19.9 Å². The summed E-state index contributed by atoms with van der Waals surface area (Å²) < 4.78 is 17.4. The van der Waals surface area contributed by atoms with Gasteiger partial charge >= 0.3 is 5.97 Å². The van der Waals surface area contributed by atoms with Gasteiger partial charge in [0.15, 0.2) is 0 Å². The molecule has 0 aliphatic carbocycles. The second kappa shape index (κ2) is 16.0. The molecule has 0 saturated carbocycles. The predicted octanol–water partition coefficient (Wildman–Crippen LogP) is 1.25. The fourth-order valence-electron chi connectivity index (χ4n) is 3.88. The van der Waals surface area contributed by atoms with Crippen LogP contribution in [0.25, 0.3) is 0 Å². The van der Waals surface area contributed by atoms with Crippen LogP contribution in [0.3, 0.4) is 0 Å². The van der Waals surface area contributed by atoms with Crippen molar-refractivity contribution in [3.8, 4) is 0 Å². The molecule has 3 aromatic carbocycles. The first-order valence-corrected chi connectivity index (χ1v) is 13.0. The predicted molar refractivity (Wildman–Crippen MR) is 149 cm³/mol. The van der Waals surface area contributed by atoms with Crippen molar-refractivity contribution in [1.82, 2.24) is 5.32 Å². The van der Waals surface area contributed by atoms with E-state index in [0.717, 1.165) is 0 Å². The highest BCUT2D eigenvalue weighted by Crippen LogP contribution is 2.26. The summed E-state index contributed by atoms with van der Waals surface area (Å²) >= 11 is 0. The maximum Gasteiger partial charge on any atom is 0.341 e. The number of carbonyl (C=O) groups is 5.